The number of hydrogen-bond acceptors (Lipinski definition) is 5. The quantitative estimate of drug-likeness (QED) is 0.194. The molecule has 3 aromatic carbocycles. The van der Waals surface area contributed by atoms with E-state index in [0.29, 0.717) is 28.3 Å². The number of aliphatic hydroxyl groups is 1. The Balaban J connectivity index is 1.94. The number of carbonyl (C=O) groups is 3. The molecule has 0 saturated carbocycles. The number of Topliss-reactive ketones (excluding diaryl/α,β-unsaturated/α-hetero) is 1. The van der Waals surface area contributed by atoms with Gasteiger partial charge < -0.3 is 15.2 Å². The first-order chi connectivity index (χ1) is 19.2. The number of rotatable bonds is 6. The van der Waals surface area contributed by atoms with Crippen molar-refractivity contribution in [3.8, 4) is 5.75 Å². The SMILES string of the molecule is COc1cc(C)c(/C(O)=C2\C(=O)C(=O)N(c3ccc(NC(C)=O)cc3)C2c2ccc(C(C)(C)C)cc2)cc1C(C)C. The zero-order valence-electron chi connectivity index (χ0n) is 25.0. The van der Waals surface area contributed by atoms with Gasteiger partial charge in [-0.05, 0) is 76.9 Å². The number of benzene rings is 3. The second-order valence-corrected chi connectivity index (χ2v) is 11.8. The van der Waals surface area contributed by atoms with Crippen molar-refractivity contribution in [3.05, 3.63) is 94.1 Å². The molecule has 1 heterocycles. The van der Waals surface area contributed by atoms with Crippen molar-refractivity contribution in [2.75, 3.05) is 17.3 Å². The number of nitrogens with zero attached hydrogens (tertiary/aromatic N) is 1. The topological polar surface area (TPSA) is 95.9 Å². The Hall–Kier alpha value is -4.39. The minimum absolute atomic E-state index is 0.0208. The number of anilines is 2. The molecule has 1 aliphatic rings. The maximum absolute atomic E-state index is 13.7. The van der Waals surface area contributed by atoms with E-state index in [0.717, 1.165) is 16.7 Å². The van der Waals surface area contributed by atoms with E-state index in [9.17, 15) is 19.5 Å². The first kappa shape index (κ1) is 29.6. The molecule has 7 nitrogen and oxygen atoms in total. The van der Waals surface area contributed by atoms with Crippen LogP contribution in [0.25, 0.3) is 5.76 Å². The van der Waals surface area contributed by atoms with Crippen molar-refractivity contribution in [3.63, 3.8) is 0 Å². The van der Waals surface area contributed by atoms with E-state index in [2.05, 4.69) is 26.1 Å². The number of aliphatic hydroxyl groups excluding tert-OH is 1. The summed E-state index contributed by atoms with van der Waals surface area (Å²) in [6.45, 7) is 13.6. The molecule has 0 aliphatic carbocycles. The maximum atomic E-state index is 13.7. The fourth-order valence-electron chi connectivity index (χ4n) is 5.21. The molecule has 0 bridgehead atoms. The Morgan fingerprint density at radius 3 is 2.12 bits per heavy atom. The summed E-state index contributed by atoms with van der Waals surface area (Å²) in [5.41, 5.74) is 4.85. The van der Waals surface area contributed by atoms with E-state index < -0.39 is 17.7 Å². The fourth-order valence-corrected chi connectivity index (χ4v) is 5.21. The molecule has 214 valence electrons. The van der Waals surface area contributed by atoms with Crippen molar-refractivity contribution < 1.29 is 24.2 Å². The Bertz CT molecular complexity index is 1530. The summed E-state index contributed by atoms with van der Waals surface area (Å²) in [7, 11) is 1.60. The van der Waals surface area contributed by atoms with Crippen molar-refractivity contribution in [1.29, 1.82) is 0 Å². The molecule has 41 heavy (non-hydrogen) atoms. The van der Waals surface area contributed by atoms with E-state index >= 15 is 0 Å². The largest absolute Gasteiger partial charge is 0.507 e. The van der Waals surface area contributed by atoms with Crippen LogP contribution in [-0.4, -0.2) is 29.8 Å². The zero-order valence-corrected chi connectivity index (χ0v) is 25.0. The Morgan fingerprint density at radius 1 is 1.00 bits per heavy atom. The summed E-state index contributed by atoms with van der Waals surface area (Å²) in [6, 6.07) is 17.3. The number of methoxy groups -OCH3 is 1. The smallest absolute Gasteiger partial charge is 0.300 e. The number of ketones is 1. The number of aryl methyl sites for hydroxylation is 1. The third-order valence-corrected chi connectivity index (χ3v) is 7.46. The Kier molecular flexibility index (Phi) is 8.11. The van der Waals surface area contributed by atoms with Gasteiger partial charge in [-0.3, -0.25) is 19.3 Å². The number of carbonyl (C=O) groups excluding carboxylic acids is 3. The first-order valence-corrected chi connectivity index (χ1v) is 13.7. The molecule has 2 amide bonds. The highest BCUT2D eigenvalue weighted by Gasteiger charge is 2.47. The molecular formula is C34H38N2O5. The highest BCUT2D eigenvalue weighted by molar-refractivity contribution is 6.51. The molecular weight excluding hydrogens is 516 g/mol. The fraction of sp³-hybridized carbons (Fsp3) is 0.324. The van der Waals surface area contributed by atoms with Gasteiger partial charge >= 0.3 is 0 Å². The third-order valence-electron chi connectivity index (χ3n) is 7.46. The lowest BCUT2D eigenvalue weighted by atomic mass is 9.85. The Morgan fingerprint density at radius 2 is 1.61 bits per heavy atom. The van der Waals surface area contributed by atoms with Gasteiger partial charge in [-0.2, -0.15) is 0 Å². The van der Waals surface area contributed by atoms with Gasteiger partial charge in [0, 0.05) is 23.9 Å². The van der Waals surface area contributed by atoms with Gasteiger partial charge in [-0.25, -0.2) is 0 Å². The number of hydrogen-bond donors (Lipinski definition) is 2. The molecule has 7 heteroatoms. The van der Waals surface area contributed by atoms with Gasteiger partial charge in [-0.1, -0.05) is 58.9 Å². The van der Waals surface area contributed by atoms with Gasteiger partial charge in [0.05, 0.1) is 18.7 Å². The van der Waals surface area contributed by atoms with Crippen LogP contribution in [0.3, 0.4) is 0 Å². The average molecular weight is 555 g/mol. The lowest BCUT2D eigenvalue weighted by Crippen LogP contribution is -2.29. The third kappa shape index (κ3) is 5.75. The predicted octanol–water partition coefficient (Wildman–Crippen LogP) is 7.01. The van der Waals surface area contributed by atoms with E-state index in [4.69, 9.17) is 4.74 Å². The average Bonchev–Trinajstić information content (AvgIpc) is 3.17. The second kappa shape index (κ2) is 11.2. The van der Waals surface area contributed by atoms with Crippen molar-refractivity contribution >= 4 is 34.7 Å². The lowest BCUT2D eigenvalue weighted by Gasteiger charge is -2.27. The summed E-state index contributed by atoms with van der Waals surface area (Å²) < 4.78 is 5.57. The molecule has 1 aliphatic heterocycles. The number of ether oxygens (including phenoxy) is 1. The highest BCUT2D eigenvalue weighted by Crippen LogP contribution is 2.44. The summed E-state index contributed by atoms with van der Waals surface area (Å²) in [5.74, 6) is -1.15. The van der Waals surface area contributed by atoms with E-state index in [1.165, 1.54) is 11.8 Å². The van der Waals surface area contributed by atoms with E-state index in [1.54, 1.807) is 31.4 Å². The molecule has 1 atom stereocenters. The standard InChI is InChI=1S/C34H38N2O5/c1-19(2)26-18-27(20(3)17-28(26)41-8)31(38)29-30(22-9-11-23(12-10-22)34(5,6)7)36(33(40)32(29)39)25-15-13-24(14-16-25)35-21(4)37/h9-19,30,38H,1-8H3,(H,35,37)/b31-29+. The minimum Gasteiger partial charge on any atom is -0.507 e. The van der Waals surface area contributed by atoms with Crippen LogP contribution in [0.4, 0.5) is 11.4 Å². The van der Waals surface area contributed by atoms with Crippen LogP contribution in [0.5, 0.6) is 5.75 Å². The monoisotopic (exact) mass is 554 g/mol. The summed E-state index contributed by atoms with van der Waals surface area (Å²) >= 11 is 0. The van der Waals surface area contributed by atoms with Gasteiger partial charge in [0.2, 0.25) is 5.91 Å². The highest BCUT2D eigenvalue weighted by atomic mass is 16.5. The predicted molar refractivity (Wildman–Crippen MR) is 162 cm³/mol. The van der Waals surface area contributed by atoms with Crippen molar-refractivity contribution in [2.45, 2.75) is 65.8 Å². The minimum atomic E-state index is -0.861. The number of amides is 2. The van der Waals surface area contributed by atoms with Crippen LogP contribution in [0, 0.1) is 6.92 Å². The molecule has 0 aromatic heterocycles. The molecule has 0 radical (unpaired) electrons. The normalized spacial score (nSPS) is 16.8. The molecule has 0 spiro atoms. The molecule has 4 rings (SSSR count). The summed E-state index contributed by atoms with van der Waals surface area (Å²) in [6.07, 6.45) is 0. The van der Waals surface area contributed by atoms with Crippen molar-refractivity contribution in [1.82, 2.24) is 0 Å². The molecule has 3 aromatic rings. The van der Waals surface area contributed by atoms with E-state index in [1.807, 2.05) is 57.2 Å². The molecule has 1 fully saturated rings. The van der Waals surface area contributed by atoms with Crippen molar-refractivity contribution in [2.24, 2.45) is 0 Å². The summed E-state index contributed by atoms with van der Waals surface area (Å²) in [5, 5.41) is 14.5. The maximum Gasteiger partial charge on any atom is 0.300 e. The van der Waals surface area contributed by atoms with Crippen LogP contribution < -0.4 is 15.0 Å². The first-order valence-electron chi connectivity index (χ1n) is 13.7. The van der Waals surface area contributed by atoms with Crippen LogP contribution in [0.2, 0.25) is 0 Å². The Labute approximate surface area is 241 Å². The van der Waals surface area contributed by atoms with Crippen LogP contribution in [-0.2, 0) is 19.8 Å². The molecule has 1 saturated heterocycles. The summed E-state index contributed by atoms with van der Waals surface area (Å²) in [4.78, 5) is 40.2. The van der Waals surface area contributed by atoms with E-state index in [-0.39, 0.29) is 28.6 Å². The van der Waals surface area contributed by atoms with Crippen LogP contribution in [0.15, 0.2) is 66.2 Å². The van der Waals surface area contributed by atoms with Gasteiger partial charge in [-0.15, -0.1) is 0 Å². The number of nitrogens with one attached hydrogen (secondary N) is 1. The van der Waals surface area contributed by atoms with Gasteiger partial charge in [0.25, 0.3) is 11.7 Å². The second-order valence-electron chi connectivity index (χ2n) is 11.8. The molecule has 2 N–H and O–H groups in total. The molecule has 1 unspecified atom stereocenters. The lowest BCUT2D eigenvalue weighted by molar-refractivity contribution is -0.132. The van der Waals surface area contributed by atoms with Gasteiger partial charge in [0.15, 0.2) is 0 Å². The van der Waals surface area contributed by atoms with Gasteiger partial charge in [0.1, 0.15) is 11.5 Å². The van der Waals surface area contributed by atoms with Crippen LogP contribution in [0.1, 0.15) is 81.3 Å². The van der Waals surface area contributed by atoms with Crippen LogP contribution >= 0.6 is 0 Å². The zero-order chi connectivity index (χ0) is 30.2.